The summed E-state index contributed by atoms with van der Waals surface area (Å²) in [6.07, 6.45) is 4.37. The van der Waals surface area contributed by atoms with E-state index >= 15 is 0 Å². The number of fused-ring (bicyclic) bond motifs is 1. The van der Waals surface area contributed by atoms with Crippen molar-refractivity contribution in [2.75, 3.05) is 19.6 Å². The zero-order chi connectivity index (χ0) is 15.4. The maximum absolute atomic E-state index is 11.9. The molecule has 0 unspecified atom stereocenters. The van der Waals surface area contributed by atoms with Gasteiger partial charge >= 0.3 is 0 Å². The lowest BCUT2D eigenvalue weighted by molar-refractivity contribution is -0.120. The Bertz CT molecular complexity index is 710. The van der Waals surface area contributed by atoms with Crippen LogP contribution in [0, 0.1) is 0 Å². The van der Waals surface area contributed by atoms with Crippen LogP contribution < -0.4 is 10.6 Å². The topological polar surface area (TPSA) is 54.0 Å². The summed E-state index contributed by atoms with van der Waals surface area (Å²) >= 11 is 5.12. The van der Waals surface area contributed by atoms with Gasteiger partial charge < -0.3 is 10.6 Å². The number of hydrogen-bond acceptors (Lipinski definition) is 4. The Morgan fingerprint density at radius 3 is 3.18 bits per heavy atom. The Kier molecular flexibility index (Phi) is 5.23. The van der Waals surface area contributed by atoms with E-state index in [4.69, 9.17) is 0 Å². The molecule has 1 aromatic carbocycles. The predicted octanol–water partition coefficient (Wildman–Crippen LogP) is 3.03. The van der Waals surface area contributed by atoms with Crippen molar-refractivity contribution in [2.24, 2.45) is 0 Å². The molecule has 116 valence electrons. The van der Waals surface area contributed by atoms with E-state index in [1.54, 1.807) is 11.3 Å². The van der Waals surface area contributed by atoms with Gasteiger partial charge in [-0.15, -0.1) is 11.3 Å². The molecular weight excluding hydrogens is 362 g/mol. The van der Waals surface area contributed by atoms with Crippen LogP contribution in [0.2, 0.25) is 0 Å². The molecule has 2 aromatic rings. The molecule has 2 N–H and O–H groups in total. The van der Waals surface area contributed by atoms with Crippen molar-refractivity contribution < 1.29 is 4.79 Å². The fourth-order valence-electron chi connectivity index (χ4n) is 2.41. The Balaban J connectivity index is 1.50. The van der Waals surface area contributed by atoms with Crippen molar-refractivity contribution in [2.45, 2.75) is 19.3 Å². The first kappa shape index (κ1) is 15.6. The second kappa shape index (κ2) is 7.35. The molecule has 0 atom stereocenters. The quantitative estimate of drug-likeness (QED) is 0.785. The van der Waals surface area contributed by atoms with Crippen LogP contribution in [0.1, 0.15) is 17.8 Å². The van der Waals surface area contributed by atoms with E-state index in [1.807, 2.05) is 12.1 Å². The van der Waals surface area contributed by atoms with Gasteiger partial charge in [-0.2, -0.15) is 0 Å². The molecule has 1 aliphatic heterocycles. The number of hydrogen-bond donors (Lipinski definition) is 2. The predicted molar refractivity (Wildman–Crippen MR) is 94.2 cm³/mol. The number of carbonyl (C=O) groups excluding carboxylic acids is 1. The zero-order valence-corrected chi connectivity index (χ0v) is 14.6. The molecule has 6 heteroatoms. The molecule has 0 radical (unpaired) electrons. The molecule has 1 aromatic heterocycles. The average Bonchev–Trinajstić information content (AvgIpc) is 2.94. The van der Waals surface area contributed by atoms with Gasteiger partial charge in [-0.05, 0) is 31.2 Å². The van der Waals surface area contributed by atoms with Crippen LogP contribution in [-0.4, -0.2) is 30.5 Å². The van der Waals surface area contributed by atoms with Crippen molar-refractivity contribution in [3.05, 3.63) is 39.3 Å². The number of halogens is 1. The van der Waals surface area contributed by atoms with Crippen molar-refractivity contribution >= 4 is 43.4 Å². The Labute approximate surface area is 142 Å². The lowest BCUT2D eigenvalue weighted by Crippen LogP contribution is -2.29. The number of thiazole rings is 1. The first-order chi connectivity index (χ1) is 10.7. The third-order valence-electron chi connectivity index (χ3n) is 3.63. The van der Waals surface area contributed by atoms with E-state index in [-0.39, 0.29) is 5.91 Å². The highest BCUT2D eigenvalue weighted by Crippen LogP contribution is 2.25. The zero-order valence-electron chi connectivity index (χ0n) is 12.2. The summed E-state index contributed by atoms with van der Waals surface area (Å²) in [4.78, 5) is 16.5. The molecule has 2 heterocycles. The molecule has 22 heavy (non-hydrogen) atoms. The summed E-state index contributed by atoms with van der Waals surface area (Å²) < 4.78 is 2.20. The summed E-state index contributed by atoms with van der Waals surface area (Å²) in [7, 11) is 0. The highest BCUT2D eigenvalue weighted by molar-refractivity contribution is 9.10. The number of benzene rings is 1. The molecular formula is C16H18BrN3OS. The van der Waals surface area contributed by atoms with Crippen molar-refractivity contribution in [3.8, 4) is 0 Å². The van der Waals surface area contributed by atoms with E-state index < -0.39 is 0 Å². The first-order valence-corrected chi connectivity index (χ1v) is 9.02. The Hall–Kier alpha value is -1.24. The van der Waals surface area contributed by atoms with E-state index in [0.717, 1.165) is 34.5 Å². The highest BCUT2D eigenvalue weighted by atomic mass is 79.9. The molecule has 0 bridgehead atoms. The number of aryl methyl sites for hydroxylation is 1. The normalized spacial score (nSPS) is 14.9. The smallest absolute Gasteiger partial charge is 0.220 e. The van der Waals surface area contributed by atoms with Crippen LogP contribution in [-0.2, 0) is 11.2 Å². The van der Waals surface area contributed by atoms with Crippen LogP contribution in [0.3, 0.4) is 0 Å². The fraction of sp³-hybridized carbons (Fsp3) is 0.375. The molecule has 0 spiro atoms. The Morgan fingerprint density at radius 2 is 2.36 bits per heavy atom. The highest BCUT2D eigenvalue weighted by Gasteiger charge is 2.09. The van der Waals surface area contributed by atoms with Crippen LogP contribution in [0.5, 0.6) is 0 Å². The Morgan fingerprint density at radius 1 is 1.45 bits per heavy atom. The van der Waals surface area contributed by atoms with Crippen molar-refractivity contribution in [1.29, 1.82) is 0 Å². The van der Waals surface area contributed by atoms with Gasteiger partial charge in [0.25, 0.3) is 0 Å². The van der Waals surface area contributed by atoms with Gasteiger partial charge in [0.2, 0.25) is 5.91 Å². The van der Waals surface area contributed by atoms with Gasteiger partial charge in [0.05, 0.1) is 15.2 Å². The molecule has 0 saturated carbocycles. The number of carbonyl (C=O) groups is 1. The molecule has 0 saturated heterocycles. The van der Waals surface area contributed by atoms with Crippen LogP contribution in [0.25, 0.3) is 10.2 Å². The van der Waals surface area contributed by atoms with Gasteiger partial charge in [-0.25, -0.2) is 4.98 Å². The first-order valence-electron chi connectivity index (χ1n) is 7.41. The van der Waals surface area contributed by atoms with E-state index in [2.05, 4.69) is 43.7 Å². The van der Waals surface area contributed by atoms with E-state index in [0.29, 0.717) is 19.4 Å². The minimum absolute atomic E-state index is 0.0971. The SMILES string of the molecule is O=C(CCc1nc2cc(Br)ccc2s1)NCC1=CCNCC1. The molecule has 4 nitrogen and oxygen atoms in total. The number of aromatic nitrogens is 1. The summed E-state index contributed by atoms with van der Waals surface area (Å²) in [5.41, 5.74) is 2.31. The molecule has 3 rings (SSSR count). The lowest BCUT2D eigenvalue weighted by Gasteiger charge is -2.14. The molecule has 0 fully saturated rings. The third-order valence-corrected chi connectivity index (χ3v) is 5.22. The average molecular weight is 380 g/mol. The van der Waals surface area contributed by atoms with E-state index in [9.17, 15) is 4.79 Å². The minimum atomic E-state index is 0.0971. The number of amides is 1. The monoisotopic (exact) mass is 379 g/mol. The molecule has 1 amide bonds. The largest absolute Gasteiger partial charge is 0.352 e. The van der Waals surface area contributed by atoms with Crippen LogP contribution in [0.4, 0.5) is 0 Å². The van der Waals surface area contributed by atoms with Crippen LogP contribution in [0.15, 0.2) is 34.3 Å². The third kappa shape index (κ3) is 4.15. The molecule has 0 aliphatic carbocycles. The van der Waals surface area contributed by atoms with Crippen molar-refractivity contribution in [1.82, 2.24) is 15.6 Å². The van der Waals surface area contributed by atoms with Crippen molar-refractivity contribution in [3.63, 3.8) is 0 Å². The summed E-state index contributed by atoms with van der Waals surface area (Å²) in [5.74, 6) is 0.0971. The van der Waals surface area contributed by atoms with Gasteiger partial charge in [-0.3, -0.25) is 4.79 Å². The summed E-state index contributed by atoms with van der Waals surface area (Å²) in [6.45, 7) is 2.59. The summed E-state index contributed by atoms with van der Waals surface area (Å²) in [6, 6.07) is 6.09. The standard InChI is InChI=1S/C16H18BrN3OS/c17-12-1-2-14-13(9-12)20-16(22-14)4-3-15(21)19-10-11-5-7-18-8-6-11/h1-2,5,9,18H,3-4,6-8,10H2,(H,19,21). The summed E-state index contributed by atoms with van der Waals surface area (Å²) in [5, 5.41) is 7.28. The minimum Gasteiger partial charge on any atom is -0.352 e. The number of rotatable bonds is 5. The molecule has 1 aliphatic rings. The van der Waals surface area contributed by atoms with Gasteiger partial charge in [0, 0.05) is 30.4 Å². The number of nitrogens with one attached hydrogen (secondary N) is 2. The fourth-order valence-corrected chi connectivity index (χ4v) is 3.70. The van der Waals surface area contributed by atoms with Crippen LogP contribution >= 0.6 is 27.3 Å². The van der Waals surface area contributed by atoms with Gasteiger partial charge in [0.1, 0.15) is 0 Å². The second-order valence-electron chi connectivity index (χ2n) is 5.31. The van der Waals surface area contributed by atoms with Gasteiger partial charge in [0.15, 0.2) is 0 Å². The lowest BCUT2D eigenvalue weighted by atomic mass is 10.1. The maximum Gasteiger partial charge on any atom is 0.220 e. The van der Waals surface area contributed by atoms with Gasteiger partial charge in [-0.1, -0.05) is 27.6 Å². The number of nitrogens with zero attached hydrogens (tertiary/aromatic N) is 1. The second-order valence-corrected chi connectivity index (χ2v) is 7.34. The maximum atomic E-state index is 11.9. The van der Waals surface area contributed by atoms with E-state index in [1.165, 1.54) is 10.3 Å².